The Morgan fingerprint density at radius 2 is 1.54 bits per heavy atom. The molecule has 0 saturated carbocycles. The van der Waals surface area contributed by atoms with E-state index in [9.17, 15) is 9.18 Å². The second-order valence-electron chi connectivity index (χ2n) is 8.33. The van der Waals surface area contributed by atoms with Gasteiger partial charge in [-0.05, 0) is 48.9 Å². The largest absolute Gasteiger partial charge is 0.489 e. The minimum absolute atomic E-state index is 0.229. The van der Waals surface area contributed by atoms with Crippen molar-refractivity contribution in [1.29, 1.82) is 0 Å². The molecule has 3 heterocycles. The number of halogens is 3. The summed E-state index contributed by atoms with van der Waals surface area (Å²) in [6.45, 7) is 0.506. The van der Waals surface area contributed by atoms with Crippen LogP contribution in [0, 0.1) is 5.82 Å². The van der Waals surface area contributed by atoms with E-state index in [0.717, 1.165) is 49.8 Å². The van der Waals surface area contributed by atoms with E-state index in [1.54, 1.807) is 0 Å². The average Bonchev–Trinajstić information content (AvgIpc) is 3.37. The van der Waals surface area contributed by atoms with E-state index < -0.39 is 17.3 Å². The number of H-pyrrole nitrogens is 2. The summed E-state index contributed by atoms with van der Waals surface area (Å²) in [7, 11) is 0. The van der Waals surface area contributed by atoms with Crippen molar-refractivity contribution >= 4 is 72.6 Å². The maximum atomic E-state index is 13.7. The van der Waals surface area contributed by atoms with Gasteiger partial charge in [-0.1, -0.05) is 23.2 Å². The third-order valence-electron chi connectivity index (χ3n) is 6.11. The van der Waals surface area contributed by atoms with Crippen molar-refractivity contribution in [2.75, 3.05) is 12.3 Å². The fraction of sp³-hybridized carbons (Fsp3) is 0.120. The van der Waals surface area contributed by atoms with Crippen LogP contribution in [0.2, 0.25) is 10.0 Å². The highest BCUT2D eigenvalue weighted by Gasteiger charge is 2.18. The van der Waals surface area contributed by atoms with Gasteiger partial charge in [0.15, 0.2) is 17.4 Å². The number of hydrogen-bond donors (Lipinski definition) is 3. The van der Waals surface area contributed by atoms with E-state index in [2.05, 4.69) is 21.0 Å². The Labute approximate surface area is 207 Å². The molecule has 0 aliphatic heterocycles. The topological polar surface area (TPSA) is 102 Å². The molecule has 7 nitrogen and oxygen atoms in total. The molecular weight excluding hydrogens is 492 g/mol. The molecule has 6 rings (SSSR count). The molecule has 0 radical (unpaired) electrons. The van der Waals surface area contributed by atoms with Crippen LogP contribution in [0.25, 0.3) is 43.6 Å². The monoisotopic (exact) mass is 509 g/mol. The van der Waals surface area contributed by atoms with Crippen molar-refractivity contribution in [1.82, 2.24) is 19.5 Å². The van der Waals surface area contributed by atoms with E-state index in [-0.39, 0.29) is 13.2 Å². The number of nitrogens with zero attached hydrogens (tertiary/aromatic N) is 2. The summed E-state index contributed by atoms with van der Waals surface area (Å²) in [4.78, 5) is 22.4. The number of fused-ring (bicyclic) bond motifs is 6. The first-order chi connectivity index (χ1) is 16.9. The van der Waals surface area contributed by atoms with Crippen molar-refractivity contribution in [3.05, 3.63) is 75.0 Å². The smallest absolute Gasteiger partial charge is 0.349 e. The van der Waals surface area contributed by atoms with Gasteiger partial charge in [0.05, 0.1) is 17.6 Å². The van der Waals surface area contributed by atoms with Crippen LogP contribution in [0.3, 0.4) is 0 Å². The van der Waals surface area contributed by atoms with Crippen LogP contribution in [-0.4, -0.2) is 26.1 Å². The number of hydrogen-bond acceptors (Lipinski definition) is 4. The van der Waals surface area contributed by atoms with Crippen LogP contribution < -0.4 is 16.2 Å². The minimum Gasteiger partial charge on any atom is -0.489 e. The van der Waals surface area contributed by atoms with E-state index >= 15 is 0 Å². The van der Waals surface area contributed by atoms with Gasteiger partial charge in [0.1, 0.15) is 0 Å². The van der Waals surface area contributed by atoms with E-state index in [0.29, 0.717) is 22.2 Å². The molecule has 3 aromatic carbocycles. The molecule has 6 aromatic rings. The van der Waals surface area contributed by atoms with Gasteiger partial charge in [-0.2, -0.15) is 4.98 Å². The Morgan fingerprint density at radius 3 is 2.14 bits per heavy atom. The minimum atomic E-state index is -0.731. The molecule has 0 aliphatic carbocycles. The molecule has 0 spiro atoms. The molecule has 3 aromatic heterocycles. The first kappa shape index (κ1) is 21.8. The quantitative estimate of drug-likeness (QED) is 0.247. The molecule has 0 unspecified atom stereocenters. The summed E-state index contributed by atoms with van der Waals surface area (Å²) in [5.74, 6) is -0.494. The maximum Gasteiger partial charge on any atom is 0.349 e. The van der Waals surface area contributed by atoms with Crippen LogP contribution in [0.4, 0.5) is 10.2 Å². The zero-order valence-electron chi connectivity index (χ0n) is 18.2. The highest BCUT2D eigenvalue weighted by Crippen LogP contribution is 2.41. The zero-order chi connectivity index (χ0) is 24.3. The first-order valence-corrected chi connectivity index (χ1v) is 11.6. The summed E-state index contributed by atoms with van der Waals surface area (Å²) < 4.78 is 21.2. The van der Waals surface area contributed by atoms with Crippen molar-refractivity contribution in [2.45, 2.75) is 13.0 Å². The number of aromatic amines is 2. The maximum absolute atomic E-state index is 13.7. The highest BCUT2D eigenvalue weighted by molar-refractivity contribution is 6.33. The summed E-state index contributed by atoms with van der Waals surface area (Å²) in [5, 5.41) is 5.16. The number of nitrogens with two attached hydrogens (primary N) is 1. The highest BCUT2D eigenvalue weighted by atomic mass is 35.5. The Bertz CT molecular complexity index is 1750. The average molecular weight is 510 g/mol. The van der Waals surface area contributed by atoms with Gasteiger partial charge < -0.3 is 20.4 Å². The second kappa shape index (κ2) is 8.18. The summed E-state index contributed by atoms with van der Waals surface area (Å²) in [5.41, 5.74) is 8.26. The Hall–Kier alpha value is -3.75. The normalized spacial score (nSPS) is 11.9. The van der Waals surface area contributed by atoms with Gasteiger partial charge in [-0.3, -0.25) is 4.57 Å². The Kier molecular flexibility index (Phi) is 5.09. The van der Waals surface area contributed by atoms with E-state index in [1.807, 2.05) is 36.4 Å². The number of aromatic nitrogens is 4. The van der Waals surface area contributed by atoms with Gasteiger partial charge in [-0.25, -0.2) is 9.18 Å². The molecule has 0 amide bonds. The number of aryl methyl sites for hydroxylation is 1. The number of nitrogen functional groups attached to an aromatic ring is 1. The number of ether oxygens (including phenoxy) is 1. The number of rotatable bonds is 5. The molecule has 0 atom stereocenters. The van der Waals surface area contributed by atoms with Gasteiger partial charge in [0, 0.05) is 55.4 Å². The summed E-state index contributed by atoms with van der Waals surface area (Å²) >= 11 is 12.6. The third-order valence-corrected chi connectivity index (χ3v) is 6.58. The van der Waals surface area contributed by atoms with Crippen LogP contribution in [0.15, 0.2) is 53.5 Å². The Morgan fingerprint density at radius 1 is 0.943 bits per heavy atom. The molecule has 4 N–H and O–H groups in total. The lowest BCUT2D eigenvalue weighted by Gasteiger charge is -2.10. The third kappa shape index (κ3) is 3.66. The summed E-state index contributed by atoms with van der Waals surface area (Å²) in [6, 6.07) is 13.5. The molecule has 0 saturated heterocycles. The van der Waals surface area contributed by atoms with Crippen molar-refractivity contribution in [3.8, 4) is 5.75 Å². The lowest BCUT2D eigenvalue weighted by atomic mass is 10.1. The molecule has 35 heavy (non-hydrogen) atoms. The SMILES string of the molecule is Nc1nc(=O)n(CCCOc2c3[nH]c4ccc(Cl)cc4c3cc3c2[nH]c2ccc(Cl)cc23)cc1F. The van der Waals surface area contributed by atoms with Crippen molar-refractivity contribution < 1.29 is 9.13 Å². The molecule has 0 fully saturated rings. The van der Waals surface area contributed by atoms with Gasteiger partial charge in [-0.15, -0.1) is 0 Å². The predicted octanol–water partition coefficient (Wildman–Crippen LogP) is 6.01. The molecule has 0 aliphatic rings. The van der Waals surface area contributed by atoms with Gasteiger partial charge in [0.2, 0.25) is 0 Å². The fourth-order valence-electron chi connectivity index (χ4n) is 4.49. The van der Waals surface area contributed by atoms with Crippen LogP contribution >= 0.6 is 23.2 Å². The number of nitrogens with one attached hydrogen (secondary N) is 2. The lowest BCUT2D eigenvalue weighted by Crippen LogP contribution is -2.25. The molecule has 0 bridgehead atoms. The van der Waals surface area contributed by atoms with Crippen molar-refractivity contribution in [2.24, 2.45) is 0 Å². The summed E-state index contributed by atoms with van der Waals surface area (Å²) in [6.07, 6.45) is 1.51. The predicted molar refractivity (Wildman–Crippen MR) is 138 cm³/mol. The lowest BCUT2D eigenvalue weighted by molar-refractivity contribution is 0.305. The zero-order valence-corrected chi connectivity index (χ0v) is 19.7. The number of benzene rings is 3. The molecule has 176 valence electrons. The molecular formula is C25H18Cl2FN5O2. The van der Waals surface area contributed by atoms with Gasteiger partial charge in [0.25, 0.3) is 0 Å². The Balaban J connectivity index is 1.44. The molecule has 10 heteroatoms. The number of anilines is 1. The van der Waals surface area contributed by atoms with Crippen LogP contribution in [0.5, 0.6) is 5.75 Å². The van der Waals surface area contributed by atoms with E-state index in [1.165, 1.54) is 4.57 Å². The van der Waals surface area contributed by atoms with Crippen LogP contribution in [-0.2, 0) is 6.54 Å². The second-order valence-corrected chi connectivity index (χ2v) is 9.21. The van der Waals surface area contributed by atoms with Crippen molar-refractivity contribution in [3.63, 3.8) is 0 Å². The van der Waals surface area contributed by atoms with E-state index in [4.69, 9.17) is 33.7 Å². The first-order valence-electron chi connectivity index (χ1n) is 10.9. The standard InChI is InChI=1S/C25H18Cl2FN5O2/c26-12-2-4-19-14(8-12)16-10-17-15-9-13(27)3-5-20(15)31-22(17)23(21(16)30-19)35-7-1-6-33-11-18(28)24(29)32-25(33)34/h2-5,8-11,30-31H,1,6-7H2,(H2,29,32,34). The van der Waals surface area contributed by atoms with Gasteiger partial charge >= 0.3 is 5.69 Å². The fourth-order valence-corrected chi connectivity index (χ4v) is 4.83. The van der Waals surface area contributed by atoms with Crippen LogP contribution in [0.1, 0.15) is 6.42 Å².